The monoisotopic (exact) mass is 267 g/mol. The van der Waals surface area contributed by atoms with Crippen molar-refractivity contribution in [3.05, 3.63) is 71.8 Å². The van der Waals surface area contributed by atoms with Crippen LogP contribution in [0.2, 0.25) is 0 Å². The van der Waals surface area contributed by atoms with E-state index < -0.39 is 5.60 Å². The molecule has 0 aliphatic carbocycles. The average Bonchev–Trinajstić information content (AvgIpc) is 2.95. The van der Waals surface area contributed by atoms with E-state index in [4.69, 9.17) is 0 Å². The minimum atomic E-state index is -1.19. The molecule has 0 unspecified atom stereocenters. The number of carbonyl (C=O) groups is 1. The number of benzene rings is 2. The summed E-state index contributed by atoms with van der Waals surface area (Å²) in [5, 5.41) is 14.3. The Labute approximate surface area is 118 Å². The predicted octanol–water partition coefficient (Wildman–Crippen LogP) is 2.20. The van der Waals surface area contributed by atoms with E-state index in [9.17, 15) is 9.90 Å². The first-order valence-electron chi connectivity index (χ1n) is 6.84. The van der Waals surface area contributed by atoms with Gasteiger partial charge in [-0.15, -0.1) is 0 Å². The second-order valence-corrected chi connectivity index (χ2v) is 5.16. The van der Waals surface area contributed by atoms with Gasteiger partial charge in [0, 0.05) is 6.42 Å². The predicted molar refractivity (Wildman–Crippen MR) is 77.0 cm³/mol. The van der Waals surface area contributed by atoms with Crippen molar-refractivity contribution in [1.29, 1.82) is 0 Å². The Balaban J connectivity index is 2.10. The van der Waals surface area contributed by atoms with E-state index in [1.807, 2.05) is 60.7 Å². The number of rotatable bonds is 3. The van der Waals surface area contributed by atoms with E-state index in [-0.39, 0.29) is 11.9 Å². The van der Waals surface area contributed by atoms with Gasteiger partial charge < -0.3 is 10.4 Å². The van der Waals surface area contributed by atoms with Crippen molar-refractivity contribution in [3.8, 4) is 0 Å². The van der Waals surface area contributed by atoms with Crippen molar-refractivity contribution in [3.63, 3.8) is 0 Å². The van der Waals surface area contributed by atoms with Crippen molar-refractivity contribution in [2.24, 2.45) is 0 Å². The van der Waals surface area contributed by atoms with E-state index in [0.29, 0.717) is 12.8 Å². The largest absolute Gasteiger partial charge is 0.378 e. The molecule has 2 N–H and O–H groups in total. The highest BCUT2D eigenvalue weighted by atomic mass is 16.3. The van der Waals surface area contributed by atoms with Crippen LogP contribution in [0.4, 0.5) is 0 Å². The minimum Gasteiger partial charge on any atom is -0.378 e. The van der Waals surface area contributed by atoms with Gasteiger partial charge in [-0.05, 0) is 17.5 Å². The summed E-state index contributed by atoms with van der Waals surface area (Å²) in [7, 11) is 0. The van der Waals surface area contributed by atoms with Gasteiger partial charge in [-0.2, -0.15) is 0 Å². The Morgan fingerprint density at radius 3 is 1.85 bits per heavy atom. The van der Waals surface area contributed by atoms with Gasteiger partial charge in [0.2, 0.25) is 5.91 Å². The van der Waals surface area contributed by atoms with Crippen LogP contribution >= 0.6 is 0 Å². The maximum Gasteiger partial charge on any atom is 0.220 e. The highest BCUT2D eigenvalue weighted by Gasteiger charge is 2.43. The molecule has 3 heteroatoms. The zero-order valence-corrected chi connectivity index (χ0v) is 11.1. The molecule has 1 aliphatic heterocycles. The van der Waals surface area contributed by atoms with Crippen LogP contribution in [0.5, 0.6) is 0 Å². The molecule has 1 amide bonds. The first kappa shape index (κ1) is 12.9. The highest BCUT2D eigenvalue weighted by Crippen LogP contribution is 2.36. The molecule has 1 fully saturated rings. The number of carbonyl (C=O) groups excluding carboxylic acids is 1. The molecule has 2 aromatic rings. The molecule has 0 bridgehead atoms. The highest BCUT2D eigenvalue weighted by molar-refractivity contribution is 5.79. The standard InChI is InChI=1S/C17H17NO2/c19-16-12-11-15(18-16)17(20,13-7-3-1-4-8-13)14-9-5-2-6-10-14/h1-10,15,20H,11-12H2,(H,18,19)/t15-/m0/s1. The number of aliphatic hydroxyl groups is 1. The molecule has 0 radical (unpaired) electrons. The van der Waals surface area contributed by atoms with Gasteiger partial charge in [0.15, 0.2) is 0 Å². The van der Waals surface area contributed by atoms with E-state index in [0.717, 1.165) is 11.1 Å². The topological polar surface area (TPSA) is 49.3 Å². The third-order valence-corrected chi connectivity index (χ3v) is 3.93. The fourth-order valence-corrected chi connectivity index (χ4v) is 2.88. The molecular formula is C17H17NO2. The summed E-state index contributed by atoms with van der Waals surface area (Å²) in [6, 6.07) is 18.8. The van der Waals surface area contributed by atoms with Crippen LogP contribution in [0.3, 0.4) is 0 Å². The molecule has 1 saturated heterocycles. The molecule has 0 saturated carbocycles. The zero-order chi connectivity index (χ0) is 14.0. The summed E-state index contributed by atoms with van der Waals surface area (Å²) in [6.45, 7) is 0. The SMILES string of the molecule is O=C1CC[C@@H](C(O)(c2ccccc2)c2ccccc2)N1. The van der Waals surface area contributed by atoms with Crippen LogP contribution in [0.25, 0.3) is 0 Å². The van der Waals surface area contributed by atoms with Crippen molar-refractivity contribution in [1.82, 2.24) is 5.32 Å². The van der Waals surface area contributed by atoms with Crippen LogP contribution < -0.4 is 5.32 Å². The van der Waals surface area contributed by atoms with Crippen molar-refractivity contribution in [2.75, 3.05) is 0 Å². The summed E-state index contributed by atoms with van der Waals surface area (Å²) in [5.74, 6) is 0.000266. The van der Waals surface area contributed by atoms with Gasteiger partial charge in [0.05, 0.1) is 6.04 Å². The molecule has 102 valence electrons. The zero-order valence-electron chi connectivity index (χ0n) is 11.1. The lowest BCUT2D eigenvalue weighted by Gasteiger charge is -2.35. The minimum absolute atomic E-state index is 0.000266. The maximum absolute atomic E-state index is 11.5. The third-order valence-electron chi connectivity index (χ3n) is 3.93. The Kier molecular flexibility index (Phi) is 3.28. The lowest BCUT2D eigenvalue weighted by atomic mass is 9.79. The molecule has 1 aliphatic rings. The lowest BCUT2D eigenvalue weighted by Crippen LogP contribution is -2.47. The Morgan fingerprint density at radius 2 is 1.45 bits per heavy atom. The Hall–Kier alpha value is -2.13. The second-order valence-electron chi connectivity index (χ2n) is 5.16. The summed E-state index contributed by atoms with van der Waals surface area (Å²) >= 11 is 0. The molecule has 20 heavy (non-hydrogen) atoms. The van der Waals surface area contributed by atoms with Crippen molar-refractivity contribution >= 4 is 5.91 Å². The van der Waals surface area contributed by atoms with Gasteiger partial charge in [0.25, 0.3) is 0 Å². The number of hydrogen-bond donors (Lipinski definition) is 2. The summed E-state index contributed by atoms with van der Waals surface area (Å²) < 4.78 is 0. The maximum atomic E-state index is 11.5. The van der Waals surface area contributed by atoms with Crippen LogP contribution in [-0.4, -0.2) is 17.1 Å². The summed E-state index contributed by atoms with van der Waals surface area (Å²) in [6.07, 6.45) is 1.10. The quantitative estimate of drug-likeness (QED) is 0.895. The fraction of sp³-hybridized carbons (Fsp3) is 0.235. The number of nitrogens with one attached hydrogen (secondary N) is 1. The van der Waals surface area contributed by atoms with E-state index in [1.54, 1.807) is 0 Å². The molecule has 1 atom stereocenters. The van der Waals surface area contributed by atoms with Crippen LogP contribution in [0.1, 0.15) is 24.0 Å². The second kappa shape index (κ2) is 5.10. The van der Waals surface area contributed by atoms with Crippen molar-refractivity contribution in [2.45, 2.75) is 24.5 Å². The van der Waals surface area contributed by atoms with Gasteiger partial charge in [-0.3, -0.25) is 4.79 Å². The van der Waals surface area contributed by atoms with E-state index in [2.05, 4.69) is 5.32 Å². The van der Waals surface area contributed by atoms with E-state index >= 15 is 0 Å². The summed E-state index contributed by atoms with van der Waals surface area (Å²) in [4.78, 5) is 11.5. The number of amides is 1. The van der Waals surface area contributed by atoms with Crippen LogP contribution in [0, 0.1) is 0 Å². The van der Waals surface area contributed by atoms with Gasteiger partial charge >= 0.3 is 0 Å². The van der Waals surface area contributed by atoms with Gasteiger partial charge in [0.1, 0.15) is 5.60 Å². The Bertz CT molecular complexity index is 555. The van der Waals surface area contributed by atoms with E-state index in [1.165, 1.54) is 0 Å². The number of hydrogen-bond acceptors (Lipinski definition) is 2. The van der Waals surface area contributed by atoms with Crippen LogP contribution in [-0.2, 0) is 10.4 Å². The molecule has 3 nitrogen and oxygen atoms in total. The lowest BCUT2D eigenvalue weighted by molar-refractivity contribution is -0.120. The summed E-state index contributed by atoms with van der Waals surface area (Å²) in [5.41, 5.74) is 0.422. The first-order chi connectivity index (χ1) is 9.71. The van der Waals surface area contributed by atoms with Gasteiger partial charge in [-0.25, -0.2) is 0 Å². The molecule has 3 rings (SSSR count). The Morgan fingerprint density at radius 1 is 0.950 bits per heavy atom. The first-order valence-corrected chi connectivity index (χ1v) is 6.84. The molecule has 1 heterocycles. The third kappa shape index (κ3) is 2.10. The average molecular weight is 267 g/mol. The normalized spacial score (nSPS) is 18.9. The molecule has 2 aromatic carbocycles. The smallest absolute Gasteiger partial charge is 0.220 e. The molecule has 0 aromatic heterocycles. The van der Waals surface area contributed by atoms with Crippen molar-refractivity contribution < 1.29 is 9.90 Å². The molecular weight excluding hydrogens is 250 g/mol. The van der Waals surface area contributed by atoms with Gasteiger partial charge in [-0.1, -0.05) is 60.7 Å². The molecule has 0 spiro atoms. The fourth-order valence-electron chi connectivity index (χ4n) is 2.88. The van der Waals surface area contributed by atoms with Crippen LogP contribution in [0.15, 0.2) is 60.7 Å².